The first-order chi connectivity index (χ1) is 19.2. The Balaban J connectivity index is 1.26. The first kappa shape index (κ1) is 27.8. The highest BCUT2D eigenvalue weighted by atomic mass is 32.1. The number of hydrogen-bond donors (Lipinski definition) is 2. The first-order valence-corrected chi connectivity index (χ1v) is 14.3. The van der Waals surface area contributed by atoms with Gasteiger partial charge in [0, 0.05) is 55.7 Å². The number of piperazine rings is 1. The fourth-order valence-electron chi connectivity index (χ4n) is 5.25. The van der Waals surface area contributed by atoms with Crippen molar-refractivity contribution in [3.8, 4) is 0 Å². The van der Waals surface area contributed by atoms with Gasteiger partial charge >= 0.3 is 18.0 Å². The molecule has 212 valence electrons. The quantitative estimate of drug-likeness (QED) is 0.444. The van der Waals surface area contributed by atoms with Gasteiger partial charge in [0.25, 0.3) is 0 Å². The Bertz CT molecular complexity index is 1340. The van der Waals surface area contributed by atoms with Crippen LogP contribution in [0.3, 0.4) is 0 Å². The van der Waals surface area contributed by atoms with E-state index in [9.17, 15) is 19.5 Å². The summed E-state index contributed by atoms with van der Waals surface area (Å²) in [5.74, 6) is -0.565. The van der Waals surface area contributed by atoms with E-state index >= 15 is 0 Å². The summed E-state index contributed by atoms with van der Waals surface area (Å²) < 4.78 is 5.29. The number of amides is 2. The Kier molecular flexibility index (Phi) is 7.90. The van der Waals surface area contributed by atoms with E-state index < -0.39 is 11.4 Å². The molecule has 0 aliphatic carbocycles. The Labute approximate surface area is 237 Å². The molecule has 2 N–H and O–H groups in total. The lowest BCUT2D eigenvalue weighted by Crippen LogP contribution is -2.53. The zero-order chi connectivity index (χ0) is 28.4. The number of carboxylic acids is 1. The molecule has 40 heavy (non-hydrogen) atoms. The number of rotatable bonds is 9. The number of carbonyl (C=O) groups excluding carboxylic acids is 2. The minimum atomic E-state index is -0.863. The highest BCUT2D eigenvalue weighted by Crippen LogP contribution is 2.29. The van der Waals surface area contributed by atoms with E-state index in [1.807, 2.05) is 34.5 Å². The Hall–Kier alpha value is -3.77. The number of carbonyl (C=O) groups is 3. The van der Waals surface area contributed by atoms with Crippen molar-refractivity contribution in [3.05, 3.63) is 57.7 Å². The van der Waals surface area contributed by atoms with Gasteiger partial charge in [-0.2, -0.15) is 0 Å². The number of ether oxygens (including phenoxy) is 1. The highest BCUT2D eigenvalue weighted by Gasteiger charge is 2.41. The second-order valence-corrected chi connectivity index (χ2v) is 11.7. The lowest BCUT2D eigenvalue weighted by atomic mass is 9.86. The van der Waals surface area contributed by atoms with Crippen molar-refractivity contribution in [1.29, 1.82) is 0 Å². The number of aliphatic imine (C=N–C) groups is 1. The molecule has 2 amide bonds. The molecular formula is C28H34N6O5S. The number of esters is 1. The molecule has 2 aromatic rings. The van der Waals surface area contributed by atoms with Gasteiger partial charge in [0.2, 0.25) is 0 Å². The average molecular weight is 567 g/mol. The van der Waals surface area contributed by atoms with Crippen LogP contribution in [0.5, 0.6) is 0 Å². The normalized spacial score (nSPS) is 19.8. The molecule has 1 aromatic heterocycles. The minimum Gasteiger partial charge on any atom is -0.481 e. The van der Waals surface area contributed by atoms with E-state index in [-0.39, 0.29) is 31.2 Å². The molecule has 1 atom stereocenters. The summed E-state index contributed by atoms with van der Waals surface area (Å²) in [5, 5.41) is 15.4. The third kappa shape index (κ3) is 5.73. The maximum Gasteiger partial charge on any atom is 0.337 e. The third-order valence-corrected chi connectivity index (χ3v) is 8.26. The van der Waals surface area contributed by atoms with Gasteiger partial charge in [-0.3, -0.25) is 19.6 Å². The lowest BCUT2D eigenvalue weighted by molar-refractivity contribution is -0.146. The van der Waals surface area contributed by atoms with Crippen LogP contribution in [0.1, 0.15) is 31.3 Å². The van der Waals surface area contributed by atoms with Crippen LogP contribution in [0.25, 0.3) is 0 Å². The number of benzene rings is 1. The van der Waals surface area contributed by atoms with Crippen LogP contribution in [0.15, 0.2) is 52.1 Å². The van der Waals surface area contributed by atoms with Gasteiger partial charge in [-0.1, -0.05) is 12.1 Å². The van der Waals surface area contributed by atoms with Gasteiger partial charge in [-0.15, -0.1) is 11.3 Å². The van der Waals surface area contributed by atoms with Crippen LogP contribution in [0.4, 0.5) is 10.5 Å². The van der Waals surface area contributed by atoms with Gasteiger partial charge in [0.15, 0.2) is 10.8 Å². The SMILES string of the molecule is CCOC(=O)C1=C(CN2CCN3C(=O)N(c4ccc(CC(C)(C)C(=O)O)cc4)C[C@@H]3C2)NC(c2nccs2)=NC1. The standard InChI is InChI=1S/C28H34N6O5S/c1-4-39-25(35)21-14-30-23(24-29-9-12-40-24)31-22(21)17-32-10-11-33-20(15-32)16-34(27(33)38)19-7-5-18(6-8-19)13-28(2,3)26(36)37/h5-9,12,20H,4,10-11,13-17H2,1-3H3,(H,30,31)(H,36,37)/t20-/m0/s1. The van der Waals surface area contributed by atoms with E-state index in [0.717, 1.165) is 22.0 Å². The molecule has 0 radical (unpaired) electrons. The van der Waals surface area contributed by atoms with Crippen molar-refractivity contribution in [3.63, 3.8) is 0 Å². The zero-order valence-corrected chi connectivity index (χ0v) is 23.7. The van der Waals surface area contributed by atoms with Crippen LogP contribution in [0, 0.1) is 5.41 Å². The molecule has 0 unspecified atom stereocenters. The summed E-state index contributed by atoms with van der Waals surface area (Å²) in [5.41, 5.74) is 2.12. The van der Waals surface area contributed by atoms with Crippen molar-refractivity contribution in [2.75, 3.05) is 50.8 Å². The summed E-state index contributed by atoms with van der Waals surface area (Å²) in [6.45, 7) is 8.69. The van der Waals surface area contributed by atoms with Crippen molar-refractivity contribution < 1.29 is 24.2 Å². The number of carboxylic acid groups (broad SMARTS) is 1. The smallest absolute Gasteiger partial charge is 0.337 e. The van der Waals surface area contributed by atoms with Crippen molar-refractivity contribution >= 4 is 40.8 Å². The molecule has 0 saturated carbocycles. The van der Waals surface area contributed by atoms with E-state index in [1.165, 1.54) is 11.3 Å². The maximum absolute atomic E-state index is 13.3. The molecule has 5 rings (SSSR count). The number of fused-ring (bicyclic) bond motifs is 1. The van der Waals surface area contributed by atoms with Crippen LogP contribution in [0.2, 0.25) is 0 Å². The van der Waals surface area contributed by atoms with Gasteiger partial charge < -0.3 is 20.1 Å². The van der Waals surface area contributed by atoms with Gasteiger partial charge in [-0.25, -0.2) is 14.6 Å². The number of nitrogens with zero attached hydrogens (tertiary/aromatic N) is 5. The summed E-state index contributed by atoms with van der Waals surface area (Å²) >= 11 is 1.48. The minimum absolute atomic E-state index is 0.00852. The van der Waals surface area contributed by atoms with Gasteiger partial charge in [0.05, 0.1) is 30.2 Å². The van der Waals surface area contributed by atoms with Crippen LogP contribution >= 0.6 is 11.3 Å². The summed E-state index contributed by atoms with van der Waals surface area (Å²) in [4.78, 5) is 52.3. The molecular weight excluding hydrogens is 532 g/mol. The molecule has 0 bridgehead atoms. The molecule has 0 spiro atoms. The number of nitrogens with one attached hydrogen (secondary N) is 1. The van der Waals surface area contributed by atoms with Crippen LogP contribution in [-0.2, 0) is 20.7 Å². The number of hydrogen-bond acceptors (Lipinski definition) is 9. The van der Waals surface area contributed by atoms with Crippen molar-refractivity contribution in [2.24, 2.45) is 10.4 Å². The maximum atomic E-state index is 13.3. The van der Waals surface area contributed by atoms with E-state index in [0.29, 0.717) is 50.6 Å². The second kappa shape index (κ2) is 11.4. The average Bonchev–Trinajstić information content (AvgIpc) is 3.57. The van der Waals surface area contributed by atoms with Crippen molar-refractivity contribution in [1.82, 2.24) is 20.1 Å². The predicted molar refractivity (Wildman–Crippen MR) is 152 cm³/mol. The molecule has 3 aliphatic rings. The van der Waals surface area contributed by atoms with Crippen LogP contribution in [-0.4, -0.2) is 95.6 Å². The van der Waals surface area contributed by atoms with Crippen LogP contribution < -0.4 is 10.2 Å². The summed E-state index contributed by atoms with van der Waals surface area (Å²) in [6.07, 6.45) is 2.13. The van der Waals surface area contributed by atoms with Gasteiger partial charge in [-0.05, 0) is 44.9 Å². The Morgan fingerprint density at radius 3 is 2.65 bits per heavy atom. The number of aromatic nitrogens is 1. The molecule has 3 aliphatic heterocycles. The number of thiazole rings is 1. The second-order valence-electron chi connectivity index (χ2n) is 10.8. The summed E-state index contributed by atoms with van der Waals surface area (Å²) in [6, 6.07) is 7.57. The van der Waals surface area contributed by atoms with E-state index in [1.54, 1.807) is 31.9 Å². The lowest BCUT2D eigenvalue weighted by Gasteiger charge is -2.37. The van der Waals surface area contributed by atoms with E-state index in [4.69, 9.17) is 4.74 Å². The van der Waals surface area contributed by atoms with E-state index in [2.05, 4.69) is 20.2 Å². The number of urea groups is 1. The monoisotopic (exact) mass is 566 g/mol. The molecule has 12 heteroatoms. The molecule has 2 saturated heterocycles. The highest BCUT2D eigenvalue weighted by molar-refractivity contribution is 7.11. The fourth-order valence-corrected chi connectivity index (χ4v) is 5.85. The van der Waals surface area contributed by atoms with Crippen molar-refractivity contribution in [2.45, 2.75) is 33.2 Å². The Morgan fingerprint density at radius 2 is 1.98 bits per heavy atom. The first-order valence-electron chi connectivity index (χ1n) is 13.4. The number of amidine groups is 1. The molecule has 11 nitrogen and oxygen atoms in total. The van der Waals surface area contributed by atoms with Gasteiger partial charge in [0.1, 0.15) is 0 Å². The number of aliphatic carboxylic acids is 1. The largest absolute Gasteiger partial charge is 0.481 e. The third-order valence-electron chi connectivity index (χ3n) is 7.48. The topological polar surface area (TPSA) is 128 Å². The molecule has 2 fully saturated rings. The Morgan fingerprint density at radius 1 is 1.20 bits per heavy atom. The molecule has 4 heterocycles. The fraction of sp³-hybridized carbons (Fsp3) is 0.464. The summed E-state index contributed by atoms with van der Waals surface area (Å²) in [7, 11) is 0. The predicted octanol–water partition coefficient (Wildman–Crippen LogP) is 2.59. The zero-order valence-electron chi connectivity index (χ0n) is 22.9. The molecule has 1 aromatic carbocycles. The number of anilines is 1.